The van der Waals surface area contributed by atoms with Crippen LogP contribution < -0.4 is 0 Å². The first kappa shape index (κ1) is 27.0. The Balaban J connectivity index is 2.29. The second-order valence-electron chi connectivity index (χ2n) is 11.0. The van der Waals surface area contributed by atoms with Crippen molar-refractivity contribution in [3.05, 3.63) is 156 Å². The number of hydrogen-bond donors (Lipinski definition) is 0. The maximum absolute atomic E-state index is 7.59. The first-order valence-electron chi connectivity index (χ1n) is 12.9. The molecule has 0 N–H and O–H groups in total. The molecule has 0 spiro atoms. The van der Waals surface area contributed by atoms with Crippen LogP contribution in [0.2, 0.25) is 32.7 Å². The van der Waals surface area contributed by atoms with Crippen LogP contribution in [0.15, 0.2) is 134 Å². The van der Waals surface area contributed by atoms with Crippen LogP contribution in [0.4, 0.5) is 0 Å². The molecule has 0 amide bonds. The molecule has 0 saturated heterocycles. The third-order valence-electron chi connectivity index (χ3n) is 6.58. The van der Waals surface area contributed by atoms with Crippen molar-refractivity contribution in [1.29, 1.82) is 0 Å². The van der Waals surface area contributed by atoms with E-state index in [0.29, 0.717) is 0 Å². The first-order valence-corrected chi connectivity index (χ1v) is 19.3. The normalized spacial score (nSPS) is 12.8. The maximum atomic E-state index is 7.59. The highest BCUT2D eigenvalue weighted by molar-refractivity contribution is 6.76. The zero-order chi connectivity index (χ0) is 26.6. The van der Waals surface area contributed by atoms with E-state index in [1.807, 2.05) is 5.70 Å². The molecule has 0 saturated carbocycles. The minimum Gasteiger partial charge on any atom is -0.401 e. The van der Waals surface area contributed by atoms with Crippen molar-refractivity contribution in [2.75, 3.05) is 0 Å². The van der Waals surface area contributed by atoms with Crippen molar-refractivity contribution in [2.45, 2.75) is 43.9 Å². The van der Waals surface area contributed by atoms with Gasteiger partial charge in [-0.2, -0.15) is 0 Å². The molecule has 0 aromatic heterocycles. The van der Waals surface area contributed by atoms with Gasteiger partial charge in [-0.15, -0.1) is 6.58 Å². The Bertz CT molecular complexity index is 1200. The number of rotatable bonds is 10. The quantitative estimate of drug-likeness (QED) is 0.194. The summed E-state index contributed by atoms with van der Waals surface area (Å²) in [7, 11) is -4.64. The van der Waals surface area contributed by atoms with Crippen LogP contribution in [0.5, 0.6) is 0 Å². The first-order chi connectivity index (χ1) is 17.6. The highest BCUT2D eigenvalue weighted by Crippen LogP contribution is 2.56. The van der Waals surface area contributed by atoms with E-state index in [9.17, 15) is 0 Å². The highest BCUT2D eigenvalue weighted by atomic mass is 28.4. The van der Waals surface area contributed by atoms with Gasteiger partial charge < -0.3 is 8.85 Å². The fourth-order valence-corrected chi connectivity index (χ4v) is 7.66. The van der Waals surface area contributed by atoms with Crippen LogP contribution in [0.3, 0.4) is 0 Å². The molecule has 0 unspecified atom stereocenters. The van der Waals surface area contributed by atoms with Crippen molar-refractivity contribution in [3.63, 3.8) is 0 Å². The number of hydrogen-bond acceptors (Lipinski definition) is 2. The lowest BCUT2D eigenvalue weighted by molar-refractivity contribution is -0.0873. The Morgan fingerprint density at radius 1 is 0.486 bits per heavy atom. The summed E-state index contributed by atoms with van der Waals surface area (Å²) in [4.78, 5) is 0. The van der Waals surface area contributed by atoms with Crippen LogP contribution in [0.25, 0.3) is 0 Å². The molecule has 0 bridgehead atoms. The predicted octanol–water partition coefficient (Wildman–Crippen LogP) is 8.67. The molecule has 0 heterocycles. The summed E-state index contributed by atoms with van der Waals surface area (Å²) in [6.07, 6.45) is 0. The molecule has 190 valence electrons. The minimum atomic E-state index is -2.43. The summed E-state index contributed by atoms with van der Waals surface area (Å²) in [5.74, 6) is 0. The summed E-state index contributed by atoms with van der Waals surface area (Å²) in [6.45, 7) is 15.4. The summed E-state index contributed by atoms with van der Waals surface area (Å²) < 4.78 is 15.1. The Labute approximate surface area is 224 Å². The van der Waals surface area contributed by atoms with E-state index in [4.69, 9.17) is 8.85 Å². The summed E-state index contributed by atoms with van der Waals surface area (Å²) in [5.41, 5.74) is 4.26. The monoisotopic (exact) mass is 522 g/mol. The van der Waals surface area contributed by atoms with E-state index in [0.717, 1.165) is 22.3 Å². The van der Waals surface area contributed by atoms with E-state index in [1.54, 1.807) is 0 Å². The molecule has 4 aromatic carbocycles. The zero-order valence-corrected chi connectivity index (χ0v) is 24.6. The van der Waals surface area contributed by atoms with Crippen molar-refractivity contribution < 1.29 is 8.85 Å². The molecule has 0 radical (unpaired) electrons. The molecule has 0 aliphatic rings. The molecule has 2 nitrogen and oxygen atoms in total. The SMILES string of the molecule is C=C[Si](C)(C)OC(c1ccccc1)(c1ccccc1)C(O[Si](C)(C)C)(c1ccccc1)c1ccccc1. The molecule has 0 aliphatic carbocycles. The van der Waals surface area contributed by atoms with Crippen molar-refractivity contribution in [2.24, 2.45) is 0 Å². The molecule has 4 rings (SSSR count). The lowest BCUT2D eigenvalue weighted by atomic mass is 9.66. The van der Waals surface area contributed by atoms with Crippen LogP contribution in [0.1, 0.15) is 22.3 Å². The van der Waals surface area contributed by atoms with Gasteiger partial charge in [-0.05, 0) is 55.0 Å². The minimum absolute atomic E-state index is 0.976. The van der Waals surface area contributed by atoms with Crippen LogP contribution >= 0.6 is 0 Å². The van der Waals surface area contributed by atoms with Crippen molar-refractivity contribution in [1.82, 2.24) is 0 Å². The van der Waals surface area contributed by atoms with Crippen LogP contribution in [0, 0.1) is 0 Å². The van der Waals surface area contributed by atoms with Gasteiger partial charge in [-0.25, -0.2) is 0 Å². The molecular formula is C33H38O2Si2. The highest BCUT2D eigenvalue weighted by Gasteiger charge is 2.60. The average Bonchev–Trinajstić information content (AvgIpc) is 2.92. The van der Waals surface area contributed by atoms with Crippen LogP contribution in [-0.2, 0) is 20.1 Å². The molecule has 4 aromatic rings. The fraction of sp³-hybridized carbons (Fsp3) is 0.212. The van der Waals surface area contributed by atoms with Gasteiger partial charge in [0, 0.05) is 0 Å². The van der Waals surface area contributed by atoms with Gasteiger partial charge in [0.2, 0.25) is 8.32 Å². The van der Waals surface area contributed by atoms with Gasteiger partial charge in [0.25, 0.3) is 0 Å². The topological polar surface area (TPSA) is 18.5 Å². The van der Waals surface area contributed by atoms with Gasteiger partial charge in [0.05, 0.1) is 0 Å². The predicted molar refractivity (Wildman–Crippen MR) is 161 cm³/mol. The summed E-state index contributed by atoms with van der Waals surface area (Å²) >= 11 is 0. The van der Waals surface area contributed by atoms with E-state index in [2.05, 4.69) is 161 Å². The zero-order valence-electron chi connectivity index (χ0n) is 22.6. The van der Waals surface area contributed by atoms with Gasteiger partial charge >= 0.3 is 0 Å². The third-order valence-corrected chi connectivity index (χ3v) is 9.32. The Morgan fingerprint density at radius 3 is 1.00 bits per heavy atom. The van der Waals surface area contributed by atoms with E-state index in [-0.39, 0.29) is 0 Å². The molecule has 0 aliphatic heterocycles. The number of benzene rings is 4. The lowest BCUT2D eigenvalue weighted by Crippen LogP contribution is -2.60. The average molecular weight is 523 g/mol. The molecule has 4 heteroatoms. The lowest BCUT2D eigenvalue weighted by Gasteiger charge is -2.55. The second-order valence-corrected chi connectivity index (χ2v) is 19.2. The smallest absolute Gasteiger partial charge is 0.212 e. The van der Waals surface area contributed by atoms with Gasteiger partial charge in [-0.3, -0.25) is 0 Å². The molecule has 0 fully saturated rings. The standard InChI is InChI=1S/C33H38O2Si2/c1-7-37(5,6)35-33(30-24-16-10-17-25-30,31-26-18-11-19-27-31)32(34-36(2,3)4,28-20-12-8-13-21-28)29-22-14-9-15-23-29/h7-27H,1H2,2-6H3. The third kappa shape index (κ3) is 5.34. The van der Waals surface area contributed by atoms with Gasteiger partial charge in [0.15, 0.2) is 8.32 Å². The van der Waals surface area contributed by atoms with Crippen molar-refractivity contribution >= 4 is 16.6 Å². The molecular weight excluding hydrogens is 485 g/mol. The Kier molecular flexibility index (Phi) is 7.86. The van der Waals surface area contributed by atoms with E-state index >= 15 is 0 Å². The van der Waals surface area contributed by atoms with Gasteiger partial charge in [-0.1, -0.05) is 127 Å². The van der Waals surface area contributed by atoms with Gasteiger partial charge in [0.1, 0.15) is 11.2 Å². The second kappa shape index (κ2) is 10.8. The summed E-state index contributed by atoms with van der Waals surface area (Å²) in [6, 6.07) is 42.4. The van der Waals surface area contributed by atoms with Crippen LogP contribution in [-0.4, -0.2) is 16.6 Å². The van der Waals surface area contributed by atoms with E-state index in [1.165, 1.54) is 0 Å². The largest absolute Gasteiger partial charge is 0.401 e. The fourth-order valence-electron chi connectivity index (χ4n) is 5.11. The van der Waals surface area contributed by atoms with Crippen molar-refractivity contribution in [3.8, 4) is 0 Å². The summed E-state index contributed by atoms with van der Waals surface area (Å²) in [5, 5.41) is 0. The molecule has 0 atom stereocenters. The Morgan fingerprint density at radius 2 is 0.757 bits per heavy atom. The van der Waals surface area contributed by atoms with E-state index < -0.39 is 27.8 Å². The maximum Gasteiger partial charge on any atom is 0.212 e. The Hall–Kier alpha value is -3.03. The molecule has 37 heavy (non-hydrogen) atoms.